The van der Waals surface area contributed by atoms with Gasteiger partial charge < -0.3 is 34.1 Å². The number of Topliss-reactive ketones (excluding diaryl/α,β-unsaturated/α-hetero) is 1. The van der Waals surface area contributed by atoms with Gasteiger partial charge in [0.15, 0.2) is 5.78 Å². The average Bonchev–Trinajstić information content (AvgIpc) is 3.80. The summed E-state index contributed by atoms with van der Waals surface area (Å²) in [5.74, 6) is -0.483. The Morgan fingerprint density at radius 2 is 1.79 bits per heavy atom. The van der Waals surface area contributed by atoms with Crippen molar-refractivity contribution in [3.8, 4) is 22.9 Å². The fraction of sp³-hybridized carbons (Fsp3) is 0.619. The normalized spacial score (nSPS) is 27.2. The molecule has 302 valence electrons. The third kappa shape index (κ3) is 7.93. The number of anilines is 1. The SMILES string of the molecule is CC[C@@H]1C[C@]1(CC(=O)C1C[C@@H](Oc2cc(-c3cc(NC(C)C)on3)nc3c(Cl)c(OC)ccc23)CN1C(=O)[C@@H](CC(=O)OC1C[C@@H]2C[C@@H]2C1)C(C)(C)C)C(=O)O. The zero-order valence-corrected chi connectivity index (χ0v) is 34.0. The molecule has 1 aliphatic heterocycles. The van der Waals surface area contributed by atoms with Crippen molar-refractivity contribution in [1.29, 1.82) is 0 Å². The Kier molecular flexibility index (Phi) is 10.8. The van der Waals surface area contributed by atoms with Gasteiger partial charge >= 0.3 is 11.9 Å². The molecule has 8 atom stereocenters. The second-order valence-corrected chi connectivity index (χ2v) is 18.1. The van der Waals surface area contributed by atoms with Gasteiger partial charge in [-0.05, 0) is 74.8 Å². The minimum atomic E-state index is -1.15. The first-order chi connectivity index (χ1) is 26.5. The monoisotopic (exact) mass is 792 g/mol. The van der Waals surface area contributed by atoms with Crippen LogP contribution in [0.4, 0.5) is 5.88 Å². The average molecular weight is 793 g/mol. The van der Waals surface area contributed by atoms with Crippen LogP contribution in [0.3, 0.4) is 0 Å². The smallest absolute Gasteiger partial charge is 0.310 e. The molecule has 3 aliphatic carbocycles. The summed E-state index contributed by atoms with van der Waals surface area (Å²) in [6.45, 7) is 11.6. The molecule has 2 aromatic heterocycles. The maximum atomic E-state index is 14.7. The summed E-state index contributed by atoms with van der Waals surface area (Å²) in [6, 6.07) is 6.08. The van der Waals surface area contributed by atoms with Gasteiger partial charge in [-0.3, -0.25) is 19.2 Å². The van der Waals surface area contributed by atoms with Crippen LogP contribution in [0.2, 0.25) is 5.02 Å². The van der Waals surface area contributed by atoms with Crippen LogP contribution >= 0.6 is 11.6 Å². The largest absolute Gasteiger partial charge is 0.495 e. The number of aromatic nitrogens is 2. The van der Waals surface area contributed by atoms with Gasteiger partial charge in [0.25, 0.3) is 0 Å². The Hall–Kier alpha value is -4.39. The summed E-state index contributed by atoms with van der Waals surface area (Å²) in [6.07, 6.45) is 2.99. The summed E-state index contributed by atoms with van der Waals surface area (Å²) in [7, 11) is 1.51. The van der Waals surface area contributed by atoms with E-state index in [1.807, 2.05) is 41.5 Å². The number of methoxy groups -OCH3 is 1. The first kappa shape index (κ1) is 39.8. The topological polar surface area (TPSA) is 170 Å². The van der Waals surface area contributed by atoms with Crippen LogP contribution in [0.25, 0.3) is 22.3 Å². The molecule has 0 radical (unpaired) electrons. The number of aliphatic carboxylic acids is 1. The molecule has 1 amide bonds. The molecule has 14 heteroatoms. The third-order valence-corrected chi connectivity index (χ3v) is 12.7. The van der Waals surface area contributed by atoms with Crippen LogP contribution < -0.4 is 14.8 Å². The summed E-state index contributed by atoms with van der Waals surface area (Å²) in [5.41, 5.74) is -0.568. The quantitative estimate of drug-likeness (QED) is 0.145. The number of benzene rings is 1. The number of ether oxygens (including phenoxy) is 3. The van der Waals surface area contributed by atoms with Gasteiger partial charge in [-0.2, -0.15) is 0 Å². The van der Waals surface area contributed by atoms with Gasteiger partial charge in [-0.25, -0.2) is 4.98 Å². The van der Waals surface area contributed by atoms with Crippen LogP contribution in [0, 0.1) is 34.5 Å². The maximum absolute atomic E-state index is 14.7. The standard InChI is InChI=1S/C42H53ClN4O9/c1-8-24-18-42(24,40(51)52)19-32(48)31-14-26(20-47(31)39(50)28(41(4,5)6)15-36(49)55-25-12-22-11-23(22)13-25)54-34-16-29(30-17-35(56-46-30)44-21(2)3)45-38-27(34)9-10-33(53-7)37(38)43/h9-10,16-17,21-26,28,31,44H,8,11-15,18-20H2,1-7H3,(H,51,52)/t22-,23+,24-,25?,26-,28-,31?,42-/m1/s1. The first-order valence-electron chi connectivity index (χ1n) is 19.8. The van der Waals surface area contributed by atoms with Crippen LogP contribution in [0.5, 0.6) is 11.5 Å². The number of esters is 1. The zero-order valence-electron chi connectivity index (χ0n) is 33.2. The van der Waals surface area contributed by atoms with Crippen molar-refractivity contribution in [3.05, 3.63) is 29.3 Å². The number of likely N-dealkylation sites (tertiary alicyclic amines) is 1. The highest BCUT2D eigenvalue weighted by Crippen LogP contribution is 2.58. The Morgan fingerprint density at radius 1 is 1.05 bits per heavy atom. The number of hydrogen-bond acceptors (Lipinski definition) is 11. The molecular weight excluding hydrogens is 740 g/mol. The molecule has 2 N–H and O–H groups in total. The molecule has 1 saturated heterocycles. The van der Waals surface area contributed by atoms with Crippen molar-refractivity contribution in [2.75, 3.05) is 19.0 Å². The van der Waals surface area contributed by atoms with Crippen molar-refractivity contribution in [3.63, 3.8) is 0 Å². The summed E-state index contributed by atoms with van der Waals surface area (Å²) in [5, 5.41) is 18.5. The Morgan fingerprint density at radius 3 is 2.41 bits per heavy atom. The third-order valence-electron chi connectivity index (χ3n) is 12.3. The van der Waals surface area contributed by atoms with Gasteiger partial charge in [0.1, 0.15) is 34.4 Å². The van der Waals surface area contributed by atoms with E-state index in [1.54, 1.807) is 24.3 Å². The Labute approximate surface area is 332 Å². The zero-order chi connectivity index (χ0) is 40.3. The number of hydrogen-bond donors (Lipinski definition) is 2. The molecule has 4 aliphatic rings. The van der Waals surface area contributed by atoms with E-state index >= 15 is 0 Å². The number of halogens is 1. The Bertz CT molecular complexity index is 2020. The number of ketones is 1. The number of carboxylic acids is 1. The predicted molar refractivity (Wildman–Crippen MR) is 208 cm³/mol. The number of carbonyl (C=O) groups is 4. The van der Waals surface area contributed by atoms with Crippen molar-refractivity contribution in [2.45, 2.75) is 117 Å². The number of rotatable bonds is 15. The molecule has 1 aromatic carbocycles. The van der Waals surface area contributed by atoms with Crippen molar-refractivity contribution in [2.24, 2.45) is 34.5 Å². The molecular formula is C42H53ClN4O9. The lowest BCUT2D eigenvalue weighted by Crippen LogP contribution is -2.48. The molecule has 4 fully saturated rings. The minimum absolute atomic E-state index is 0.0373. The highest BCUT2D eigenvalue weighted by molar-refractivity contribution is 6.36. The van der Waals surface area contributed by atoms with Crippen LogP contribution in [-0.4, -0.2) is 81.7 Å². The highest BCUT2D eigenvalue weighted by Gasteiger charge is 2.61. The van der Waals surface area contributed by atoms with Crippen molar-refractivity contribution >= 4 is 52.0 Å². The second kappa shape index (κ2) is 15.2. The van der Waals surface area contributed by atoms with Gasteiger partial charge in [0.2, 0.25) is 11.8 Å². The first-order valence-corrected chi connectivity index (χ1v) is 20.2. The maximum Gasteiger partial charge on any atom is 0.310 e. The number of carboxylic acid groups (broad SMARTS) is 1. The van der Waals surface area contributed by atoms with E-state index in [4.69, 9.17) is 35.3 Å². The second-order valence-electron chi connectivity index (χ2n) is 17.7. The molecule has 3 heterocycles. The van der Waals surface area contributed by atoms with Gasteiger partial charge in [0, 0.05) is 36.4 Å². The number of pyridine rings is 1. The highest BCUT2D eigenvalue weighted by atomic mass is 35.5. The van der Waals surface area contributed by atoms with Gasteiger partial charge in [-0.1, -0.05) is 50.9 Å². The van der Waals surface area contributed by atoms with Crippen molar-refractivity contribution < 1.29 is 43.0 Å². The predicted octanol–water partition coefficient (Wildman–Crippen LogP) is 7.57. The molecule has 7 rings (SSSR count). The Balaban J connectivity index is 1.20. The van der Waals surface area contributed by atoms with Crippen LogP contribution in [0.15, 0.2) is 28.8 Å². The number of carbonyl (C=O) groups excluding carboxylic acids is 3. The van der Waals surface area contributed by atoms with E-state index in [-0.39, 0.29) is 60.6 Å². The molecule has 13 nitrogen and oxygen atoms in total. The van der Waals surface area contributed by atoms with E-state index < -0.39 is 40.8 Å². The molecule has 3 aromatic rings. The molecule has 0 bridgehead atoms. The summed E-state index contributed by atoms with van der Waals surface area (Å²) in [4.78, 5) is 61.3. The molecule has 56 heavy (non-hydrogen) atoms. The fourth-order valence-electron chi connectivity index (χ4n) is 8.97. The van der Waals surface area contributed by atoms with E-state index in [2.05, 4.69) is 10.5 Å². The van der Waals surface area contributed by atoms with Crippen LogP contribution in [0.1, 0.15) is 92.9 Å². The van der Waals surface area contributed by atoms with Crippen molar-refractivity contribution in [1.82, 2.24) is 15.0 Å². The van der Waals surface area contributed by atoms with Gasteiger partial charge in [0.05, 0.1) is 48.7 Å². The lowest BCUT2D eigenvalue weighted by Gasteiger charge is -2.35. The summed E-state index contributed by atoms with van der Waals surface area (Å²) >= 11 is 6.81. The van der Waals surface area contributed by atoms with Crippen LogP contribution in [-0.2, 0) is 23.9 Å². The van der Waals surface area contributed by atoms with E-state index in [0.717, 1.165) is 12.8 Å². The minimum Gasteiger partial charge on any atom is -0.495 e. The molecule has 0 spiro atoms. The summed E-state index contributed by atoms with van der Waals surface area (Å²) < 4.78 is 23.6. The van der Waals surface area contributed by atoms with Gasteiger partial charge in [-0.15, -0.1) is 0 Å². The molecule has 2 unspecified atom stereocenters. The van der Waals surface area contributed by atoms with E-state index in [9.17, 15) is 24.3 Å². The number of nitrogens with zero attached hydrogens (tertiary/aromatic N) is 3. The van der Waals surface area contributed by atoms with E-state index in [1.165, 1.54) is 18.4 Å². The number of fused-ring (bicyclic) bond motifs is 2. The molecule has 3 saturated carbocycles. The lowest BCUT2D eigenvalue weighted by molar-refractivity contribution is -0.157. The number of nitrogens with one attached hydrogen (secondary N) is 1. The number of amides is 1. The fourth-order valence-corrected chi connectivity index (χ4v) is 9.26. The lowest BCUT2D eigenvalue weighted by atomic mass is 9.77. The van der Waals surface area contributed by atoms with E-state index in [0.29, 0.717) is 64.4 Å².